The van der Waals surface area contributed by atoms with Gasteiger partial charge in [-0.15, -0.1) is 23.2 Å². The third-order valence-electron chi connectivity index (χ3n) is 6.62. The van der Waals surface area contributed by atoms with Crippen molar-refractivity contribution < 1.29 is 16.8 Å². The van der Waals surface area contributed by atoms with E-state index in [0.29, 0.717) is 42.6 Å². The van der Waals surface area contributed by atoms with E-state index in [1.165, 1.54) is 48.5 Å². The van der Waals surface area contributed by atoms with Crippen molar-refractivity contribution in [2.45, 2.75) is 50.3 Å². The number of guanidine groups is 2. The Balaban J connectivity index is 0.000000391. The summed E-state index contributed by atoms with van der Waals surface area (Å²) in [5.74, 6) is 1.57. The van der Waals surface area contributed by atoms with Crippen LogP contribution in [0.5, 0.6) is 0 Å². The van der Waals surface area contributed by atoms with Crippen LogP contribution in [0.2, 0.25) is 0 Å². The maximum absolute atomic E-state index is 12.5. The number of nitrogens with one attached hydrogen (secondary N) is 1. The number of nitrogens with two attached hydrogens (primary N) is 1. The fourth-order valence-electron chi connectivity index (χ4n) is 3.88. The van der Waals surface area contributed by atoms with E-state index in [4.69, 9.17) is 50.1 Å². The number of sulfonamides is 1. The number of hydrazone groups is 2. The van der Waals surface area contributed by atoms with Gasteiger partial charge in [-0.3, -0.25) is 9.98 Å². The number of hydrogen-bond acceptors (Lipinski definition) is 10. The molecule has 2 atom stereocenters. The van der Waals surface area contributed by atoms with Crippen molar-refractivity contribution in [1.29, 1.82) is 10.5 Å². The molecule has 2 aliphatic heterocycles. The zero-order chi connectivity index (χ0) is 37.7. The molecule has 2 aromatic rings. The molecule has 0 amide bonds. The van der Waals surface area contributed by atoms with Gasteiger partial charge >= 0.3 is 0 Å². The lowest BCUT2D eigenvalue weighted by molar-refractivity contribution is 0.429. The quantitative estimate of drug-likeness (QED) is 0.165. The fraction of sp³-hybridized carbons (Fsp3) is 0.419. The summed E-state index contributed by atoms with van der Waals surface area (Å²) in [6.07, 6.45) is 5.79. The highest BCUT2D eigenvalue weighted by atomic mass is 35.7. The summed E-state index contributed by atoms with van der Waals surface area (Å²) in [5.41, 5.74) is 6.47. The number of halogens is 3. The van der Waals surface area contributed by atoms with Gasteiger partial charge < -0.3 is 5.73 Å². The molecule has 14 nitrogen and oxygen atoms in total. The predicted molar refractivity (Wildman–Crippen MR) is 200 cm³/mol. The van der Waals surface area contributed by atoms with Crippen LogP contribution in [0.15, 0.2) is 78.5 Å². The van der Waals surface area contributed by atoms with Crippen LogP contribution in [0, 0.1) is 34.5 Å². The number of hydrogen-bond donors (Lipinski definition) is 2. The zero-order valence-electron chi connectivity index (χ0n) is 28.1. The third kappa shape index (κ3) is 15.3. The summed E-state index contributed by atoms with van der Waals surface area (Å²) in [6.45, 7) is 10.6. The number of rotatable bonds is 7. The van der Waals surface area contributed by atoms with E-state index in [1.54, 1.807) is 16.2 Å². The molecule has 0 radical (unpaired) electrons. The maximum atomic E-state index is 12.5. The van der Waals surface area contributed by atoms with Gasteiger partial charge in [-0.25, -0.2) is 31.6 Å². The summed E-state index contributed by atoms with van der Waals surface area (Å²) in [5, 5.41) is 29.1. The lowest BCUT2D eigenvalue weighted by Gasteiger charge is -2.19. The maximum Gasteiger partial charge on any atom is 0.264 e. The van der Waals surface area contributed by atoms with E-state index >= 15 is 0 Å². The van der Waals surface area contributed by atoms with E-state index < -0.39 is 19.1 Å². The highest BCUT2D eigenvalue weighted by molar-refractivity contribution is 8.13. The molecule has 0 saturated heterocycles. The number of nitrogens with zero attached hydrogens (tertiary/aromatic N) is 8. The van der Waals surface area contributed by atoms with Gasteiger partial charge in [0.25, 0.3) is 19.1 Å². The molecule has 0 aliphatic carbocycles. The molecule has 4 rings (SSSR count). The standard InChI is InChI=1S/C15H19N5O2S.C8H16N4.C7H4ClNO2S.CH2Cl2/c1-3-12-10-18-20(11-12)15(17-4-2)19-23(21,22)14-7-5-13(9-16)6-8-14;1-3-7-5-11-12(6-7)8(9)10-4-2;8-12(10,11)7-3-1-6(5-9)2-4-7;2-1-3/h5-8,10,12H,3-4,11H2,1-2H3,(H,17,19);5,7H,3-4,6H2,1-2H3,(H2,9,10);1-4H;1H2. The molecule has 19 heteroatoms. The van der Waals surface area contributed by atoms with Crippen molar-refractivity contribution in [3.63, 3.8) is 0 Å². The van der Waals surface area contributed by atoms with Gasteiger partial charge in [0.05, 0.1) is 51.5 Å². The van der Waals surface area contributed by atoms with Crippen LogP contribution in [0.4, 0.5) is 0 Å². The van der Waals surface area contributed by atoms with Gasteiger partial charge in [-0.2, -0.15) is 20.7 Å². The highest BCUT2D eigenvalue weighted by Gasteiger charge is 2.25. The topological polar surface area (TPSA) is 210 Å². The number of benzene rings is 2. The van der Waals surface area contributed by atoms with E-state index in [-0.39, 0.29) is 27.0 Å². The van der Waals surface area contributed by atoms with E-state index in [0.717, 1.165) is 19.4 Å². The monoisotopic (exact) mass is 786 g/mol. The molecule has 2 unspecified atom stereocenters. The smallest absolute Gasteiger partial charge is 0.264 e. The summed E-state index contributed by atoms with van der Waals surface area (Å²) in [6, 6.07) is 14.9. The van der Waals surface area contributed by atoms with Crippen LogP contribution in [-0.2, 0) is 19.1 Å². The Labute approximate surface area is 309 Å². The summed E-state index contributed by atoms with van der Waals surface area (Å²) >= 11 is 9.53. The first-order valence-electron chi connectivity index (χ1n) is 15.3. The van der Waals surface area contributed by atoms with Crippen LogP contribution in [-0.4, -0.2) is 82.7 Å². The van der Waals surface area contributed by atoms with Crippen molar-refractivity contribution in [1.82, 2.24) is 14.7 Å². The lowest BCUT2D eigenvalue weighted by Crippen LogP contribution is -2.41. The second-order valence-corrected chi connectivity index (χ2v) is 15.1. The predicted octanol–water partition coefficient (Wildman–Crippen LogP) is 5.10. The SMILES string of the molecule is CCN=C(N)N1CC(CC)C=N1.CCN=C(NS(=O)(=O)c1ccc(C#N)cc1)N1CC(CC)C=N1.ClCCl.N#Cc1ccc(S(=O)(=O)Cl)cc1. The number of nitriles is 2. The van der Waals surface area contributed by atoms with Crippen LogP contribution < -0.4 is 10.5 Å². The van der Waals surface area contributed by atoms with Gasteiger partial charge in [0.2, 0.25) is 11.9 Å². The zero-order valence-corrected chi connectivity index (χ0v) is 32.0. The highest BCUT2D eigenvalue weighted by Crippen LogP contribution is 2.16. The molecule has 0 spiro atoms. The largest absolute Gasteiger partial charge is 0.368 e. The first-order valence-corrected chi connectivity index (χ1v) is 20.2. The van der Waals surface area contributed by atoms with E-state index in [2.05, 4.69) is 38.8 Å². The van der Waals surface area contributed by atoms with Gasteiger partial charge in [-0.05, 0) is 75.2 Å². The third-order valence-corrected chi connectivity index (χ3v) is 9.33. The molecular weight excluding hydrogens is 747 g/mol. The number of aliphatic imine (C=N–C) groups is 2. The normalized spacial score (nSPS) is 16.9. The molecular formula is C31H41Cl3N10O4S2. The molecule has 0 saturated carbocycles. The first kappa shape index (κ1) is 44.1. The Hall–Kier alpha value is -3.93. The van der Waals surface area contributed by atoms with E-state index in [1.807, 2.05) is 32.2 Å². The fourth-order valence-corrected chi connectivity index (χ4v) is 5.68. The van der Waals surface area contributed by atoms with Crippen molar-refractivity contribution in [2.75, 3.05) is 31.5 Å². The minimum atomic E-state index is -3.77. The molecule has 3 N–H and O–H groups in total. The van der Waals surface area contributed by atoms with Gasteiger partial charge in [0.15, 0.2) is 0 Å². The van der Waals surface area contributed by atoms with Gasteiger partial charge in [0.1, 0.15) is 0 Å². The van der Waals surface area contributed by atoms with Crippen molar-refractivity contribution >= 4 is 77.3 Å². The van der Waals surface area contributed by atoms with Crippen molar-refractivity contribution in [2.24, 2.45) is 37.8 Å². The molecule has 2 aromatic carbocycles. The first-order chi connectivity index (χ1) is 23.7. The van der Waals surface area contributed by atoms with Gasteiger partial charge in [-0.1, -0.05) is 13.8 Å². The molecule has 0 fully saturated rings. The molecule has 2 aliphatic rings. The van der Waals surface area contributed by atoms with Crippen LogP contribution in [0.3, 0.4) is 0 Å². The Morgan fingerprint density at radius 1 is 0.820 bits per heavy atom. The molecule has 0 aromatic heterocycles. The van der Waals surface area contributed by atoms with Crippen LogP contribution in [0.25, 0.3) is 0 Å². The minimum absolute atomic E-state index is 0.00293. The second kappa shape index (κ2) is 22.7. The average Bonchev–Trinajstić information content (AvgIpc) is 3.79. The molecule has 272 valence electrons. The van der Waals surface area contributed by atoms with Crippen LogP contribution >= 0.6 is 33.9 Å². The molecule has 2 heterocycles. The lowest BCUT2D eigenvalue weighted by atomic mass is 10.1. The Morgan fingerprint density at radius 2 is 1.24 bits per heavy atom. The summed E-state index contributed by atoms with van der Waals surface area (Å²) < 4.78 is 48.9. The Bertz CT molecular complexity index is 1770. The second-order valence-electron chi connectivity index (χ2n) is 10.1. The summed E-state index contributed by atoms with van der Waals surface area (Å²) in [7, 11) is -2.40. The van der Waals surface area contributed by atoms with E-state index in [9.17, 15) is 16.8 Å². The van der Waals surface area contributed by atoms with Crippen molar-refractivity contribution in [3.8, 4) is 12.1 Å². The molecule has 0 bridgehead atoms. The van der Waals surface area contributed by atoms with Crippen molar-refractivity contribution in [3.05, 3.63) is 59.7 Å². The number of alkyl halides is 2. The summed E-state index contributed by atoms with van der Waals surface area (Å²) in [4.78, 5) is 8.37. The van der Waals surface area contributed by atoms with Crippen LogP contribution in [0.1, 0.15) is 51.7 Å². The minimum Gasteiger partial charge on any atom is -0.368 e. The Kier molecular flexibility index (Phi) is 20.0. The average molecular weight is 788 g/mol. The van der Waals surface area contributed by atoms with Gasteiger partial charge in [0, 0.05) is 48.0 Å². The molecule has 50 heavy (non-hydrogen) atoms. The Morgan fingerprint density at radius 3 is 1.62 bits per heavy atom.